The van der Waals surface area contributed by atoms with Crippen molar-refractivity contribution < 1.29 is 19.1 Å². The number of aromatic nitrogens is 2. The summed E-state index contributed by atoms with van der Waals surface area (Å²) in [6, 6.07) is 18.7. The highest BCUT2D eigenvalue weighted by Gasteiger charge is 2.31. The molecule has 2 heterocycles. The number of amides is 4. The summed E-state index contributed by atoms with van der Waals surface area (Å²) in [7, 11) is 0. The highest BCUT2D eigenvalue weighted by Crippen LogP contribution is 2.33. The lowest BCUT2D eigenvalue weighted by atomic mass is 9.99. The summed E-state index contributed by atoms with van der Waals surface area (Å²) >= 11 is 0. The van der Waals surface area contributed by atoms with Crippen molar-refractivity contribution in [3.05, 3.63) is 83.6 Å². The monoisotopic (exact) mass is 537 g/mol. The second kappa shape index (κ2) is 10.8. The van der Waals surface area contributed by atoms with Crippen LogP contribution in [0.1, 0.15) is 47.3 Å². The maximum absolute atomic E-state index is 13.2. The van der Waals surface area contributed by atoms with Crippen LogP contribution in [0.25, 0.3) is 22.0 Å². The van der Waals surface area contributed by atoms with Crippen molar-refractivity contribution in [3.63, 3.8) is 0 Å². The fourth-order valence-electron chi connectivity index (χ4n) is 5.32. The Hall–Kier alpha value is -4.66. The van der Waals surface area contributed by atoms with Crippen molar-refractivity contribution in [2.75, 3.05) is 13.2 Å². The largest absolute Gasteiger partial charge is 0.494 e. The summed E-state index contributed by atoms with van der Waals surface area (Å²) in [5, 5.41) is 10.7. The van der Waals surface area contributed by atoms with Gasteiger partial charge in [-0.3, -0.25) is 19.6 Å². The quantitative estimate of drug-likeness (QED) is 0.286. The second-order valence-electron chi connectivity index (χ2n) is 10.4. The minimum Gasteiger partial charge on any atom is -0.494 e. The molecule has 204 valence electrons. The molecule has 9 heteroatoms. The first-order valence-corrected chi connectivity index (χ1v) is 13.6. The molecule has 1 aromatic heterocycles. The summed E-state index contributed by atoms with van der Waals surface area (Å²) in [6.45, 7) is 4.06. The zero-order valence-electron chi connectivity index (χ0n) is 22.3. The molecule has 0 spiro atoms. The average Bonchev–Trinajstić information content (AvgIpc) is 3.62. The average molecular weight is 538 g/mol. The van der Waals surface area contributed by atoms with Crippen LogP contribution >= 0.6 is 0 Å². The number of fused-ring (bicyclic) bond motifs is 2. The third-order valence-electron chi connectivity index (χ3n) is 7.59. The van der Waals surface area contributed by atoms with E-state index in [0.717, 1.165) is 45.6 Å². The van der Waals surface area contributed by atoms with Crippen molar-refractivity contribution in [3.8, 4) is 16.9 Å². The highest BCUT2D eigenvalue weighted by molar-refractivity contribution is 5.98. The van der Waals surface area contributed by atoms with Crippen LogP contribution in [0.4, 0.5) is 4.79 Å². The van der Waals surface area contributed by atoms with Gasteiger partial charge in [-0.2, -0.15) is 5.10 Å². The van der Waals surface area contributed by atoms with Gasteiger partial charge < -0.3 is 15.0 Å². The molecule has 1 saturated carbocycles. The van der Waals surface area contributed by atoms with Gasteiger partial charge in [0.15, 0.2) is 0 Å². The van der Waals surface area contributed by atoms with Crippen molar-refractivity contribution in [1.29, 1.82) is 0 Å². The maximum atomic E-state index is 13.2. The van der Waals surface area contributed by atoms with Gasteiger partial charge in [-0.05, 0) is 72.2 Å². The lowest BCUT2D eigenvalue weighted by Crippen LogP contribution is -2.42. The smallest absolute Gasteiger partial charge is 0.321 e. The van der Waals surface area contributed by atoms with Crippen LogP contribution in [-0.2, 0) is 17.9 Å². The van der Waals surface area contributed by atoms with Crippen molar-refractivity contribution in [2.45, 2.75) is 38.9 Å². The number of carbonyl (C=O) groups is 3. The standard InChI is InChI=1S/C31H31N5O4/c1-2-40-26-11-9-24-17-35(30(38)27(24)14-26)18-28(34-31(39)32-19-37)22-7-5-21(6-8-22)23-10-12-29-25(13-23)15-33-36(29)16-20-3-4-20/h5-15,19-20,28H,2-4,16-18H2,1H3,(H2,32,34,37,39)/t28-/m0/s1. The van der Waals surface area contributed by atoms with Gasteiger partial charge in [0, 0.05) is 30.6 Å². The van der Waals surface area contributed by atoms with E-state index in [1.54, 1.807) is 11.0 Å². The Morgan fingerprint density at radius 3 is 2.65 bits per heavy atom. The van der Waals surface area contributed by atoms with Crippen LogP contribution in [0.2, 0.25) is 0 Å². The minimum atomic E-state index is -0.625. The molecule has 0 unspecified atom stereocenters. The number of imide groups is 1. The number of nitrogens with zero attached hydrogens (tertiary/aromatic N) is 3. The van der Waals surface area contributed by atoms with Gasteiger partial charge in [-0.15, -0.1) is 0 Å². The van der Waals surface area contributed by atoms with Crippen LogP contribution in [0.15, 0.2) is 66.9 Å². The predicted molar refractivity (Wildman–Crippen MR) is 151 cm³/mol. The fourth-order valence-corrected chi connectivity index (χ4v) is 5.32. The summed E-state index contributed by atoms with van der Waals surface area (Å²) in [5.41, 5.74) is 5.58. The van der Waals surface area contributed by atoms with Crippen LogP contribution in [0.3, 0.4) is 0 Å². The van der Waals surface area contributed by atoms with E-state index in [-0.39, 0.29) is 12.5 Å². The Labute approximate surface area is 232 Å². The second-order valence-corrected chi connectivity index (χ2v) is 10.4. The Kier molecular flexibility index (Phi) is 6.94. The molecule has 1 fully saturated rings. The van der Waals surface area contributed by atoms with Gasteiger partial charge >= 0.3 is 6.03 Å². The molecule has 0 saturated heterocycles. The molecule has 4 amide bonds. The van der Waals surface area contributed by atoms with Crippen molar-refractivity contribution in [2.24, 2.45) is 5.92 Å². The molecular weight excluding hydrogens is 506 g/mol. The van der Waals surface area contributed by atoms with E-state index < -0.39 is 12.1 Å². The van der Waals surface area contributed by atoms with Gasteiger partial charge in [0.1, 0.15) is 5.75 Å². The van der Waals surface area contributed by atoms with E-state index in [4.69, 9.17) is 4.74 Å². The summed E-state index contributed by atoms with van der Waals surface area (Å²) in [6.07, 6.45) is 4.83. The van der Waals surface area contributed by atoms with E-state index in [1.165, 1.54) is 12.8 Å². The van der Waals surface area contributed by atoms with Crippen LogP contribution in [0.5, 0.6) is 5.75 Å². The van der Waals surface area contributed by atoms with E-state index in [1.807, 2.05) is 49.5 Å². The topological polar surface area (TPSA) is 106 Å². The van der Waals surface area contributed by atoms with Crippen LogP contribution in [0, 0.1) is 5.92 Å². The molecule has 40 heavy (non-hydrogen) atoms. The predicted octanol–water partition coefficient (Wildman–Crippen LogP) is 4.66. The Balaban J connectivity index is 1.21. The first-order chi connectivity index (χ1) is 19.5. The number of carbonyl (C=O) groups excluding carboxylic acids is 3. The van der Waals surface area contributed by atoms with Crippen molar-refractivity contribution >= 4 is 29.3 Å². The zero-order valence-corrected chi connectivity index (χ0v) is 22.3. The van der Waals surface area contributed by atoms with E-state index >= 15 is 0 Å². The number of nitrogens with one attached hydrogen (secondary N) is 2. The number of ether oxygens (including phenoxy) is 1. The molecule has 1 aliphatic carbocycles. The van der Waals surface area contributed by atoms with Gasteiger partial charge in [0.2, 0.25) is 6.41 Å². The normalized spacial score (nSPS) is 15.1. The zero-order chi connectivity index (χ0) is 27.6. The maximum Gasteiger partial charge on any atom is 0.321 e. The third kappa shape index (κ3) is 5.27. The Bertz CT molecular complexity index is 1570. The minimum absolute atomic E-state index is 0.119. The summed E-state index contributed by atoms with van der Waals surface area (Å²) in [5.74, 6) is 1.29. The number of hydrogen-bond acceptors (Lipinski definition) is 5. The molecule has 2 N–H and O–H groups in total. The van der Waals surface area contributed by atoms with E-state index in [0.29, 0.717) is 30.9 Å². The van der Waals surface area contributed by atoms with Gasteiger partial charge in [-0.25, -0.2) is 4.79 Å². The summed E-state index contributed by atoms with van der Waals surface area (Å²) < 4.78 is 7.65. The highest BCUT2D eigenvalue weighted by atomic mass is 16.5. The lowest BCUT2D eigenvalue weighted by Gasteiger charge is -2.25. The number of hydrogen-bond donors (Lipinski definition) is 2. The first-order valence-electron chi connectivity index (χ1n) is 13.6. The molecule has 2 aliphatic rings. The van der Waals surface area contributed by atoms with Crippen molar-refractivity contribution in [1.82, 2.24) is 25.3 Å². The van der Waals surface area contributed by atoms with Gasteiger partial charge in [0.25, 0.3) is 5.91 Å². The van der Waals surface area contributed by atoms with Gasteiger partial charge in [-0.1, -0.05) is 36.4 Å². The van der Waals surface area contributed by atoms with E-state index in [9.17, 15) is 14.4 Å². The molecule has 3 aromatic carbocycles. The van der Waals surface area contributed by atoms with Crippen LogP contribution < -0.4 is 15.4 Å². The molecule has 0 bridgehead atoms. The van der Waals surface area contributed by atoms with E-state index in [2.05, 4.69) is 38.6 Å². The van der Waals surface area contributed by atoms with Gasteiger partial charge in [0.05, 0.1) is 24.4 Å². The third-order valence-corrected chi connectivity index (χ3v) is 7.59. The number of benzene rings is 3. The molecular formula is C31H31N5O4. The molecule has 0 radical (unpaired) electrons. The first kappa shape index (κ1) is 25.6. The molecule has 6 rings (SSSR count). The number of rotatable bonds is 10. The summed E-state index contributed by atoms with van der Waals surface area (Å²) in [4.78, 5) is 38.1. The lowest BCUT2D eigenvalue weighted by molar-refractivity contribution is -0.108. The number of urea groups is 1. The molecule has 9 nitrogen and oxygen atoms in total. The Morgan fingerprint density at radius 2 is 1.90 bits per heavy atom. The van der Waals surface area contributed by atoms with Crippen LogP contribution in [-0.4, -0.2) is 46.2 Å². The molecule has 1 aliphatic heterocycles. The molecule has 1 atom stereocenters. The molecule has 4 aromatic rings. The SMILES string of the molecule is CCOc1ccc2c(c1)C(=O)N(C[C@H](NC(=O)NC=O)c1ccc(-c3ccc4c(cnn4CC4CC4)c3)cc1)C2. The Morgan fingerprint density at radius 1 is 1.10 bits per heavy atom. The fraction of sp³-hybridized carbons (Fsp3) is 0.290.